The summed E-state index contributed by atoms with van der Waals surface area (Å²) in [7, 11) is 0. The highest BCUT2D eigenvalue weighted by atomic mass is 19.1. The van der Waals surface area contributed by atoms with Crippen LogP contribution in [0, 0.1) is 5.82 Å². The molecule has 5 heteroatoms. The Morgan fingerprint density at radius 1 is 0.929 bits per heavy atom. The van der Waals surface area contributed by atoms with Crippen molar-refractivity contribution in [3.05, 3.63) is 95.1 Å². The molecule has 0 fully saturated rings. The van der Waals surface area contributed by atoms with Crippen molar-refractivity contribution in [2.45, 2.75) is 26.2 Å². The Bertz CT molecular complexity index is 1060. The largest absolute Gasteiger partial charge is 0.264 e. The summed E-state index contributed by atoms with van der Waals surface area (Å²) in [5, 5.41) is 4.53. The first-order valence-electron chi connectivity index (χ1n) is 9.15. The zero-order valence-electron chi connectivity index (χ0n) is 16.1. The second kappa shape index (κ2) is 7.00. The number of rotatable bonds is 2. The molecule has 4 nitrogen and oxygen atoms in total. The molecule has 0 atom stereocenters. The number of pyridine rings is 1. The van der Waals surface area contributed by atoms with Gasteiger partial charge in [0.1, 0.15) is 11.5 Å². The Balaban J connectivity index is 1.80. The van der Waals surface area contributed by atoms with Gasteiger partial charge < -0.3 is 0 Å². The second-order valence-electron chi connectivity index (χ2n) is 7.76. The summed E-state index contributed by atoms with van der Waals surface area (Å²) >= 11 is 0. The highest BCUT2D eigenvalue weighted by Crippen LogP contribution is 2.27. The molecule has 140 valence electrons. The minimum Gasteiger partial charge on any atom is -0.264 e. The highest BCUT2D eigenvalue weighted by molar-refractivity contribution is 6.17. The second-order valence-corrected chi connectivity index (χ2v) is 7.76. The quantitative estimate of drug-likeness (QED) is 0.692. The molecule has 1 aliphatic heterocycles. The Morgan fingerprint density at radius 2 is 1.71 bits per heavy atom. The standard InChI is InChI=1S/C23H21FN4/c1-23(2,3)17-8-6-15(7-9-17)22-26-20-11-10-18(24)13-19(20)21(27-28-22)16-5-4-12-25-14-16/h4-14H,1-3H3,(H,26,28). The fourth-order valence-corrected chi connectivity index (χ4v) is 3.09. The SMILES string of the molecule is CC(C)(C)c1ccc(C2=Nc3ccc(F)cc3C(c3cccnc3)=NN2)cc1. The number of benzene rings is 2. The van der Waals surface area contributed by atoms with Crippen LogP contribution in [0.4, 0.5) is 10.1 Å². The van der Waals surface area contributed by atoms with Crippen LogP contribution in [0.5, 0.6) is 0 Å². The molecule has 0 unspecified atom stereocenters. The van der Waals surface area contributed by atoms with Crippen LogP contribution < -0.4 is 5.43 Å². The molecular weight excluding hydrogens is 351 g/mol. The van der Waals surface area contributed by atoms with Crippen LogP contribution in [0.3, 0.4) is 0 Å². The van der Waals surface area contributed by atoms with E-state index >= 15 is 0 Å². The molecular formula is C23H21FN4. The van der Waals surface area contributed by atoms with Crippen molar-refractivity contribution in [1.29, 1.82) is 0 Å². The number of aliphatic imine (C=N–C) groups is 1. The van der Waals surface area contributed by atoms with Crippen LogP contribution in [-0.2, 0) is 5.41 Å². The number of nitrogens with zero attached hydrogens (tertiary/aromatic N) is 3. The Labute approximate surface area is 163 Å². The molecule has 4 rings (SSSR count). The number of aromatic nitrogens is 1. The third-order valence-corrected chi connectivity index (χ3v) is 4.68. The topological polar surface area (TPSA) is 49.6 Å². The number of hydrazone groups is 1. The van der Waals surface area contributed by atoms with Crippen LogP contribution in [0.15, 0.2) is 77.1 Å². The van der Waals surface area contributed by atoms with E-state index in [9.17, 15) is 4.39 Å². The molecule has 1 aromatic heterocycles. The summed E-state index contributed by atoms with van der Waals surface area (Å²) in [5.74, 6) is 0.288. The number of nitrogens with one attached hydrogen (secondary N) is 1. The lowest BCUT2D eigenvalue weighted by Crippen LogP contribution is -2.20. The van der Waals surface area contributed by atoms with Gasteiger partial charge in [0.05, 0.1) is 5.69 Å². The molecule has 0 saturated heterocycles. The summed E-state index contributed by atoms with van der Waals surface area (Å²) in [4.78, 5) is 8.88. The molecule has 3 aromatic rings. The first-order valence-corrected chi connectivity index (χ1v) is 9.15. The van der Waals surface area contributed by atoms with Gasteiger partial charge >= 0.3 is 0 Å². The minimum absolute atomic E-state index is 0.0764. The van der Waals surface area contributed by atoms with Crippen LogP contribution >= 0.6 is 0 Å². The van der Waals surface area contributed by atoms with E-state index in [1.54, 1.807) is 18.5 Å². The van der Waals surface area contributed by atoms with Gasteiger partial charge in [-0.2, -0.15) is 5.10 Å². The van der Waals surface area contributed by atoms with Crippen molar-refractivity contribution in [1.82, 2.24) is 10.4 Å². The Morgan fingerprint density at radius 3 is 2.39 bits per heavy atom. The number of halogens is 1. The number of fused-ring (bicyclic) bond motifs is 1. The molecule has 0 spiro atoms. The van der Waals surface area contributed by atoms with E-state index in [0.717, 1.165) is 11.1 Å². The van der Waals surface area contributed by atoms with Crippen LogP contribution in [0.2, 0.25) is 0 Å². The van der Waals surface area contributed by atoms with Crippen molar-refractivity contribution in [3.63, 3.8) is 0 Å². The van der Waals surface area contributed by atoms with E-state index in [-0.39, 0.29) is 11.2 Å². The maximum absolute atomic E-state index is 14.0. The zero-order chi connectivity index (χ0) is 19.7. The molecule has 0 bridgehead atoms. The lowest BCUT2D eigenvalue weighted by molar-refractivity contribution is 0.590. The van der Waals surface area contributed by atoms with Gasteiger partial charge in [-0.3, -0.25) is 10.4 Å². The third-order valence-electron chi connectivity index (χ3n) is 4.68. The minimum atomic E-state index is -0.330. The fraction of sp³-hybridized carbons (Fsp3) is 0.174. The zero-order valence-corrected chi connectivity index (χ0v) is 16.1. The van der Waals surface area contributed by atoms with Crippen LogP contribution in [-0.4, -0.2) is 16.5 Å². The molecule has 0 saturated carbocycles. The Hall–Kier alpha value is -3.34. The van der Waals surface area contributed by atoms with Crippen molar-refractivity contribution >= 4 is 17.2 Å². The van der Waals surface area contributed by atoms with Gasteiger partial charge in [-0.05, 0) is 41.3 Å². The number of hydrogen-bond acceptors (Lipinski definition) is 4. The fourth-order valence-electron chi connectivity index (χ4n) is 3.09. The summed E-state index contributed by atoms with van der Waals surface area (Å²) in [6.07, 6.45) is 3.40. The number of amidine groups is 1. The first-order chi connectivity index (χ1) is 13.4. The molecule has 0 amide bonds. The van der Waals surface area contributed by atoms with Crippen molar-refractivity contribution in [2.75, 3.05) is 0 Å². The summed E-state index contributed by atoms with van der Waals surface area (Å²) < 4.78 is 14.0. The van der Waals surface area contributed by atoms with E-state index in [1.807, 2.05) is 24.3 Å². The molecule has 1 aliphatic rings. The molecule has 1 N–H and O–H groups in total. The highest BCUT2D eigenvalue weighted by Gasteiger charge is 2.19. The molecule has 0 aliphatic carbocycles. The van der Waals surface area contributed by atoms with E-state index in [0.29, 0.717) is 22.8 Å². The normalized spacial score (nSPS) is 13.7. The maximum Gasteiger partial charge on any atom is 0.154 e. The molecule has 2 aromatic carbocycles. The van der Waals surface area contributed by atoms with Gasteiger partial charge in [-0.25, -0.2) is 9.38 Å². The van der Waals surface area contributed by atoms with Gasteiger partial charge in [0, 0.05) is 29.1 Å². The van der Waals surface area contributed by atoms with Gasteiger partial charge in [0.15, 0.2) is 5.84 Å². The monoisotopic (exact) mass is 372 g/mol. The lowest BCUT2D eigenvalue weighted by atomic mass is 9.86. The van der Waals surface area contributed by atoms with Gasteiger partial charge in [-0.15, -0.1) is 0 Å². The van der Waals surface area contributed by atoms with Crippen molar-refractivity contribution < 1.29 is 4.39 Å². The summed E-state index contributed by atoms with van der Waals surface area (Å²) in [6.45, 7) is 6.54. The smallest absolute Gasteiger partial charge is 0.154 e. The first kappa shape index (κ1) is 18.0. The predicted octanol–water partition coefficient (Wildman–Crippen LogP) is 4.95. The van der Waals surface area contributed by atoms with Crippen LogP contribution in [0.1, 0.15) is 43.0 Å². The van der Waals surface area contributed by atoms with Crippen molar-refractivity contribution in [3.8, 4) is 0 Å². The molecule has 0 radical (unpaired) electrons. The van der Waals surface area contributed by atoms with E-state index in [1.165, 1.54) is 17.7 Å². The van der Waals surface area contributed by atoms with Gasteiger partial charge in [0.2, 0.25) is 0 Å². The molecule has 28 heavy (non-hydrogen) atoms. The predicted molar refractivity (Wildman–Crippen MR) is 111 cm³/mol. The summed E-state index contributed by atoms with van der Waals surface area (Å²) in [5.41, 5.74) is 7.97. The Kier molecular flexibility index (Phi) is 4.51. The average molecular weight is 372 g/mol. The van der Waals surface area contributed by atoms with Crippen LogP contribution in [0.25, 0.3) is 0 Å². The third kappa shape index (κ3) is 3.56. The van der Waals surface area contributed by atoms with E-state index < -0.39 is 0 Å². The molecule has 2 heterocycles. The van der Waals surface area contributed by atoms with Crippen molar-refractivity contribution in [2.24, 2.45) is 10.1 Å². The maximum atomic E-state index is 14.0. The summed E-state index contributed by atoms with van der Waals surface area (Å²) in [6, 6.07) is 16.5. The van der Waals surface area contributed by atoms with Gasteiger partial charge in [-0.1, -0.05) is 45.0 Å². The lowest BCUT2D eigenvalue weighted by Gasteiger charge is -2.19. The number of hydrogen-bond donors (Lipinski definition) is 1. The van der Waals surface area contributed by atoms with E-state index in [4.69, 9.17) is 4.99 Å². The average Bonchev–Trinajstić information content (AvgIpc) is 2.87. The van der Waals surface area contributed by atoms with E-state index in [2.05, 4.69) is 48.4 Å². The van der Waals surface area contributed by atoms with Gasteiger partial charge in [0.25, 0.3) is 0 Å².